The van der Waals surface area contributed by atoms with Crippen LogP contribution in [0.2, 0.25) is 0 Å². The van der Waals surface area contributed by atoms with Crippen molar-refractivity contribution >= 4 is 11.6 Å². The summed E-state index contributed by atoms with van der Waals surface area (Å²) >= 11 is 0. The molecule has 2 N–H and O–H groups in total. The number of esters is 1. The van der Waals surface area contributed by atoms with Gasteiger partial charge in [-0.2, -0.15) is 14.6 Å². The van der Waals surface area contributed by atoms with Gasteiger partial charge in [-0.15, -0.1) is 0 Å². The molecule has 2 heterocycles. The highest BCUT2D eigenvalue weighted by molar-refractivity contribution is 5.91. The standard InChI is InChI=1S/C13H17N3O4/c1-5-20-12(19)10-9(13(2,3)4)11-14-7(17)6-8(18)16(11)15-10/h6,18H,5H2,1-4H3,(H,14,17). The Labute approximate surface area is 115 Å². The van der Waals surface area contributed by atoms with Crippen molar-refractivity contribution in [2.45, 2.75) is 33.1 Å². The predicted octanol–water partition coefficient (Wildman–Crippen LogP) is 1.61. The molecule has 2 aromatic rings. The third-order valence-corrected chi connectivity index (χ3v) is 2.78. The summed E-state index contributed by atoms with van der Waals surface area (Å²) in [6.07, 6.45) is 0. The summed E-state index contributed by atoms with van der Waals surface area (Å²) in [4.78, 5) is 16.0. The third-order valence-electron chi connectivity index (χ3n) is 2.78. The Bertz CT molecular complexity index is 670. The van der Waals surface area contributed by atoms with Crippen molar-refractivity contribution in [3.63, 3.8) is 0 Å². The molecular weight excluding hydrogens is 262 g/mol. The monoisotopic (exact) mass is 279 g/mol. The summed E-state index contributed by atoms with van der Waals surface area (Å²) in [6.45, 7) is 7.58. The van der Waals surface area contributed by atoms with Crippen LogP contribution in [0.1, 0.15) is 43.7 Å². The predicted molar refractivity (Wildman–Crippen MR) is 71.0 cm³/mol. The van der Waals surface area contributed by atoms with E-state index in [0.29, 0.717) is 5.56 Å². The molecule has 2 rings (SSSR count). The van der Waals surface area contributed by atoms with Crippen LogP contribution in [0, 0.1) is 0 Å². The van der Waals surface area contributed by atoms with Gasteiger partial charge in [0.1, 0.15) is 0 Å². The van der Waals surface area contributed by atoms with Gasteiger partial charge in [-0.1, -0.05) is 20.8 Å². The summed E-state index contributed by atoms with van der Waals surface area (Å²) in [6, 6.07) is 1.06. The first-order valence-corrected chi connectivity index (χ1v) is 6.25. The average Bonchev–Trinajstić information content (AvgIpc) is 2.68. The minimum Gasteiger partial charge on any atom is -0.493 e. The van der Waals surface area contributed by atoms with E-state index in [1.807, 2.05) is 20.8 Å². The zero-order chi connectivity index (χ0) is 15.1. The van der Waals surface area contributed by atoms with Crippen molar-refractivity contribution in [3.8, 4) is 11.8 Å². The molecule has 0 saturated heterocycles. The zero-order valence-corrected chi connectivity index (χ0v) is 11.8. The lowest BCUT2D eigenvalue weighted by molar-refractivity contribution is 0.0516. The van der Waals surface area contributed by atoms with Crippen LogP contribution in [0.4, 0.5) is 0 Å². The van der Waals surface area contributed by atoms with Gasteiger partial charge in [0.15, 0.2) is 11.3 Å². The number of hydrogen-bond acceptors (Lipinski definition) is 6. The molecule has 0 saturated carbocycles. The number of ether oxygens (including phenoxy) is 1. The summed E-state index contributed by atoms with van der Waals surface area (Å²) in [5.74, 6) is -1.22. The van der Waals surface area contributed by atoms with Gasteiger partial charge in [-0.05, 0) is 12.3 Å². The summed E-state index contributed by atoms with van der Waals surface area (Å²) in [5.41, 5.74) is 0.379. The number of hydrogen-bond donors (Lipinski definition) is 2. The first-order valence-electron chi connectivity index (χ1n) is 6.25. The molecule has 7 heteroatoms. The van der Waals surface area contributed by atoms with Gasteiger partial charge in [0.2, 0.25) is 11.8 Å². The SMILES string of the molecule is CCOC(=O)c1nn2c(O)cc(O)nc2c1C(C)(C)C. The molecule has 0 radical (unpaired) electrons. The Balaban J connectivity index is 2.81. The molecule has 0 unspecified atom stereocenters. The van der Waals surface area contributed by atoms with Crippen molar-refractivity contribution in [1.82, 2.24) is 14.6 Å². The van der Waals surface area contributed by atoms with Crippen molar-refractivity contribution in [2.24, 2.45) is 0 Å². The van der Waals surface area contributed by atoms with Crippen molar-refractivity contribution in [2.75, 3.05) is 6.61 Å². The van der Waals surface area contributed by atoms with Gasteiger partial charge >= 0.3 is 5.97 Å². The number of aromatic hydroxyl groups is 2. The number of aromatic nitrogens is 3. The highest BCUT2D eigenvalue weighted by Crippen LogP contribution is 2.32. The molecule has 0 spiro atoms. The number of carbonyl (C=O) groups is 1. The van der Waals surface area contributed by atoms with Gasteiger partial charge in [-0.3, -0.25) is 0 Å². The Morgan fingerprint density at radius 1 is 1.40 bits per heavy atom. The molecule has 108 valence electrons. The second-order valence-corrected chi connectivity index (χ2v) is 5.40. The van der Waals surface area contributed by atoms with Crippen LogP contribution in [0.5, 0.6) is 11.8 Å². The van der Waals surface area contributed by atoms with E-state index in [1.165, 1.54) is 0 Å². The Kier molecular flexibility index (Phi) is 3.29. The molecule has 20 heavy (non-hydrogen) atoms. The lowest BCUT2D eigenvalue weighted by atomic mass is 9.86. The minimum atomic E-state index is -0.582. The van der Waals surface area contributed by atoms with Crippen molar-refractivity contribution in [1.29, 1.82) is 0 Å². The van der Waals surface area contributed by atoms with E-state index in [4.69, 9.17) is 4.74 Å². The molecule has 0 bridgehead atoms. The minimum absolute atomic E-state index is 0.0905. The van der Waals surface area contributed by atoms with Crippen LogP contribution in [0.3, 0.4) is 0 Å². The van der Waals surface area contributed by atoms with Gasteiger partial charge in [0, 0.05) is 5.56 Å². The fraction of sp³-hybridized carbons (Fsp3) is 0.462. The number of fused-ring (bicyclic) bond motifs is 1. The van der Waals surface area contributed by atoms with E-state index in [2.05, 4.69) is 10.1 Å². The van der Waals surface area contributed by atoms with Crippen LogP contribution in [-0.4, -0.2) is 37.4 Å². The van der Waals surface area contributed by atoms with E-state index < -0.39 is 11.4 Å². The van der Waals surface area contributed by atoms with Crippen LogP contribution in [0.25, 0.3) is 5.65 Å². The third kappa shape index (κ3) is 2.26. The zero-order valence-electron chi connectivity index (χ0n) is 11.8. The molecule has 0 atom stereocenters. The topological polar surface area (TPSA) is 97.0 Å². The summed E-state index contributed by atoms with van der Waals surface area (Å²) < 4.78 is 6.09. The quantitative estimate of drug-likeness (QED) is 0.811. The van der Waals surface area contributed by atoms with E-state index in [-0.39, 0.29) is 29.7 Å². The highest BCUT2D eigenvalue weighted by atomic mass is 16.5. The normalized spacial score (nSPS) is 11.8. The largest absolute Gasteiger partial charge is 0.493 e. The summed E-state index contributed by atoms with van der Waals surface area (Å²) in [7, 11) is 0. The molecule has 0 aliphatic heterocycles. The molecule has 0 aliphatic carbocycles. The maximum absolute atomic E-state index is 12.0. The number of carbonyl (C=O) groups excluding carboxylic acids is 1. The fourth-order valence-corrected chi connectivity index (χ4v) is 2.02. The molecule has 0 aromatic carbocycles. The van der Waals surface area contributed by atoms with Gasteiger partial charge < -0.3 is 14.9 Å². The maximum atomic E-state index is 12.0. The van der Waals surface area contributed by atoms with E-state index in [0.717, 1.165) is 10.6 Å². The first kappa shape index (κ1) is 14.1. The van der Waals surface area contributed by atoms with Crippen LogP contribution in [0.15, 0.2) is 6.07 Å². The van der Waals surface area contributed by atoms with Crippen LogP contribution in [-0.2, 0) is 10.2 Å². The van der Waals surface area contributed by atoms with Gasteiger partial charge in [-0.25, -0.2) is 4.79 Å². The lowest BCUT2D eigenvalue weighted by Crippen LogP contribution is -2.17. The van der Waals surface area contributed by atoms with Crippen molar-refractivity contribution in [3.05, 3.63) is 17.3 Å². The molecule has 0 fully saturated rings. The second kappa shape index (κ2) is 4.66. The summed E-state index contributed by atoms with van der Waals surface area (Å²) in [5, 5.41) is 23.4. The lowest BCUT2D eigenvalue weighted by Gasteiger charge is -2.18. The number of rotatable bonds is 2. The first-order chi connectivity index (χ1) is 9.25. The molecule has 7 nitrogen and oxygen atoms in total. The Morgan fingerprint density at radius 2 is 2.05 bits per heavy atom. The molecule has 0 amide bonds. The fourth-order valence-electron chi connectivity index (χ4n) is 2.02. The van der Waals surface area contributed by atoms with E-state index in [1.54, 1.807) is 6.92 Å². The van der Waals surface area contributed by atoms with Crippen molar-refractivity contribution < 1.29 is 19.7 Å². The van der Waals surface area contributed by atoms with Gasteiger partial charge in [0.25, 0.3) is 0 Å². The smallest absolute Gasteiger partial charge is 0.359 e. The van der Waals surface area contributed by atoms with Crippen LogP contribution >= 0.6 is 0 Å². The van der Waals surface area contributed by atoms with E-state index in [9.17, 15) is 15.0 Å². The molecule has 0 aliphatic rings. The average molecular weight is 279 g/mol. The van der Waals surface area contributed by atoms with Gasteiger partial charge in [0.05, 0.1) is 12.7 Å². The maximum Gasteiger partial charge on any atom is 0.359 e. The number of nitrogens with zero attached hydrogens (tertiary/aromatic N) is 3. The second-order valence-electron chi connectivity index (χ2n) is 5.40. The Morgan fingerprint density at radius 3 is 2.60 bits per heavy atom. The van der Waals surface area contributed by atoms with Crippen LogP contribution < -0.4 is 0 Å². The molecule has 2 aromatic heterocycles. The highest BCUT2D eigenvalue weighted by Gasteiger charge is 2.31. The Hall–Kier alpha value is -2.31. The van der Waals surface area contributed by atoms with E-state index >= 15 is 0 Å². The molecular formula is C13H17N3O4.